The first-order chi connectivity index (χ1) is 4.22. The lowest BCUT2D eigenvalue weighted by Crippen LogP contribution is -2.36. The van der Waals surface area contributed by atoms with E-state index in [1.165, 1.54) is 0 Å². The van der Waals surface area contributed by atoms with Gasteiger partial charge >= 0.3 is 0 Å². The molecule has 1 saturated heterocycles. The predicted octanol–water partition coefficient (Wildman–Crippen LogP) is 0.831. The minimum atomic E-state index is -1.61. The molecule has 1 atom stereocenters. The van der Waals surface area contributed by atoms with Gasteiger partial charge < -0.3 is 0 Å². The molecule has 1 heterocycles. The van der Waals surface area contributed by atoms with E-state index in [0.29, 0.717) is 6.42 Å². The van der Waals surface area contributed by atoms with Crippen molar-refractivity contribution in [2.45, 2.75) is 19.0 Å². The third-order valence-electron chi connectivity index (χ3n) is 1.32. The molecule has 0 radical (unpaired) electrons. The van der Waals surface area contributed by atoms with Crippen LogP contribution in [-0.2, 0) is 4.79 Å². The average Bonchev–Trinajstić information content (AvgIpc) is 1.83. The van der Waals surface area contributed by atoms with Crippen LogP contribution in [0.2, 0.25) is 0 Å². The highest BCUT2D eigenvalue weighted by molar-refractivity contribution is 5.80. The lowest BCUT2D eigenvalue weighted by Gasteiger charge is -2.19. The molecular weight excluding hydrogens is 128 g/mol. The van der Waals surface area contributed by atoms with Gasteiger partial charge in [-0.05, 0) is 12.8 Å². The Hall–Kier alpha value is -0.670. The van der Waals surface area contributed by atoms with Gasteiger partial charge in [-0.15, -0.1) is 0 Å². The zero-order chi connectivity index (χ0) is 6.85. The van der Waals surface area contributed by atoms with Crippen LogP contribution in [0.4, 0.5) is 8.87 Å². The largest absolute Gasteiger partial charge is 0.284 e. The van der Waals surface area contributed by atoms with Crippen molar-refractivity contribution < 1.29 is 13.7 Å². The number of piperidine rings is 1. The SMILES string of the molecule is O=C1C(F)CCCN1F. The number of hydrogen-bond acceptors (Lipinski definition) is 1. The smallest absolute Gasteiger partial charge is 0.269 e. The highest BCUT2D eigenvalue weighted by Gasteiger charge is 2.28. The molecule has 0 aromatic carbocycles. The van der Waals surface area contributed by atoms with E-state index in [2.05, 4.69) is 0 Å². The number of carbonyl (C=O) groups excluding carboxylic acids is 1. The van der Waals surface area contributed by atoms with Crippen molar-refractivity contribution in [1.82, 2.24) is 5.12 Å². The standard InChI is InChI=1S/C5H7F2NO/c6-4-2-1-3-8(7)5(4)9/h4H,1-3H2. The van der Waals surface area contributed by atoms with E-state index >= 15 is 0 Å². The molecule has 1 aliphatic rings. The lowest BCUT2D eigenvalue weighted by molar-refractivity contribution is -0.156. The van der Waals surface area contributed by atoms with Gasteiger partial charge in [-0.1, -0.05) is 4.48 Å². The number of carbonyl (C=O) groups is 1. The second kappa shape index (κ2) is 2.29. The molecule has 0 aromatic rings. The Morgan fingerprint density at radius 2 is 2.33 bits per heavy atom. The van der Waals surface area contributed by atoms with Crippen molar-refractivity contribution in [2.75, 3.05) is 6.54 Å². The maximum absolute atomic E-state index is 12.2. The Bertz CT molecular complexity index is 116. The van der Waals surface area contributed by atoms with Crippen LogP contribution in [0, 0.1) is 0 Å². The van der Waals surface area contributed by atoms with Crippen molar-refractivity contribution in [3.8, 4) is 0 Å². The average molecular weight is 135 g/mol. The lowest BCUT2D eigenvalue weighted by atomic mass is 10.1. The fourth-order valence-corrected chi connectivity index (χ4v) is 0.795. The van der Waals surface area contributed by atoms with Gasteiger partial charge in [0.25, 0.3) is 5.91 Å². The number of rotatable bonds is 0. The molecular formula is C5H7F2NO. The summed E-state index contributed by atoms with van der Waals surface area (Å²) in [5.41, 5.74) is 0. The van der Waals surface area contributed by atoms with E-state index in [0.717, 1.165) is 0 Å². The Kier molecular flexibility index (Phi) is 1.64. The van der Waals surface area contributed by atoms with Crippen molar-refractivity contribution in [1.29, 1.82) is 0 Å². The summed E-state index contributed by atoms with van der Waals surface area (Å²) in [6.45, 7) is 0.0409. The van der Waals surface area contributed by atoms with Gasteiger partial charge in [-0.3, -0.25) is 4.79 Å². The van der Waals surface area contributed by atoms with Crippen LogP contribution in [0.15, 0.2) is 0 Å². The number of alkyl halides is 1. The molecule has 0 spiro atoms. The van der Waals surface area contributed by atoms with Crippen LogP contribution in [0.5, 0.6) is 0 Å². The van der Waals surface area contributed by atoms with Gasteiger partial charge in [-0.2, -0.15) is 5.12 Å². The van der Waals surface area contributed by atoms with Gasteiger partial charge in [0, 0.05) is 0 Å². The normalized spacial score (nSPS) is 28.9. The Morgan fingerprint density at radius 1 is 1.67 bits per heavy atom. The number of amides is 1. The fourth-order valence-electron chi connectivity index (χ4n) is 0.795. The fraction of sp³-hybridized carbons (Fsp3) is 0.800. The maximum Gasteiger partial charge on any atom is 0.284 e. The van der Waals surface area contributed by atoms with Crippen LogP contribution >= 0.6 is 0 Å². The minimum absolute atomic E-state index is 0.0409. The van der Waals surface area contributed by atoms with Crippen LogP contribution in [0.1, 0.15) is 12.8 Å². The summed E-state index contributed by atoms with van der Waals surface area (Å²) >= 11 is 0. The third kappa shape index (κ3) is 1.17. The van der Waals surface area contributed by atoms with E-state index in [4.69, 9.17) is 0 Å². The van der Waals surface area contributed by atoms with Crippen LogP contribution in [-0.4, -0.2) is 23.7 Å². The number of nitrogens with zero attached hydrogens (tertiary/aromatic N) is 1. The molecule has 1 unspecified atom stereocenters. The Labute approximate surface area is 51.4 Å². The van der Waals surface area contributed by atoms with Gasteiger partial charge in [-0.25, -0.2) is 4.39 Å². The summed E-state index contributed by atoms with van der Waals surface area (Å²) < 4.78 is 24.3. The van der Waals surface area contributed by atoms with E-state index in [1.807, 2.05) is 0 Å². The van der Waals surface area contributed by atoms with Crippen molar-refractivity contribution in [3.05, 3.63) is 0 Å². The third-order valence-corrected chi connectivity index (χ3v) is 1.32. The second-order valence-electron chi connectivity index (χ2n) is 2.03. The molecule has 1 amide bonds. The van der Waals surface area contributed by atoms with Gasteiger partial charge in [0.1, 0.15) is 0 Å². The first kappa shape index (κ1) is 6.45. The summed E-state index contributed by atoms with van der Waals surface area (Å²) in [4.78, 5) is 10.3. The van der Waals surface area contributed by atoms with Crippen molar-refractivity contribution >= 4 is 5.91 Å². The zero-order valence-electron chi connectivity index (χ0n) is 4.81. The Balaban J connectivity index is 2.52. The van der Waals surface area contributed by atoms with Gasteiger partial charge in [0.2, 0.25) is 0 Å². The molecule has 9 heavy (non-hydrogen) atoms. The molecule has 0 saturated carbocycles. The summed E-state index contributed by atoms with van der Waals surface area (Å²) in [7, 11) is 0. The van der Waals surface area contributed by atoms with Gasteiger partial charge in [0.05, 0.1) is 6.54 Å². The molecule has 1 fully saturated rings. The molecule has 4 heteroatoms. The molecule has 0 N–H and O–H groups in total. The van der Waals surface area contributed by atoms with Gasteiger partial charge in [0.15, 0.2) is 6.17 Å². The quantitative estimate of drug-likeness (QED) is 0.450. The molecule has 52 valence electrons. The van der Waals surface area contributed by atoms with E-state index in [1.54, 1.807) is 0 Å². The molecule has 0 aromatic heterocycles. The predicted molar refractivity (Wildman–Crippen MR) is 27.0 cm³/mol. The number of halogens is 2. The first-order valence-electron chi connectivity index (χ1n) is 2.83. The summed E-state index contributed by atoms with van der Waals surface area (Å²) in [5.74, 6) is -1.03. The highest BCUT2D eigenvalue weighted by Crippen LogP contribution is 2.13. The summed E-state index contributed by atoms with van der Waals surface area (Å²) in [6.07, 6.45) is -1.02. The van der Waals surface area contributed by atoms with E-state index in [-0.39, 0.29) is 18.1 Å². The number of hydrogen-bond donors (Lipinski definition) is 0. The van der Waals surface area contributed by atoms with Crippen molar-refractivity contribution in [2.24, 2.45) is 0 Å². The second-order valence-corrected chi connectivity index (χ2v) is 2.03. The van der Waals surface area contributed by atoms with Crippen molar-refractivity contribution in [3.63, 3.8) is 0 Å². The van der Waals surface area contributed by atoms with E-state index in [9.17, 15) is 13.7 Å². The maximum atomic E-state index is 12.2. The topological polar surface area (TPSA) is 20.3 Å². The van der Waals surface area contributed by atoms with Crippen LogP contribution in [0.25, 0.3) is 0 Å². The Morgan fingerprint density at radius 3 is 2.78 bits per heavy atom. The monoisotopic (exact) mass is 135 g/mol. The van der Waals surface area contributed by atoms with Crippen LogP contribution < -0.4 is 0 Å². The molecule has 1 rings (SSSR count). The first-order valence-corrected chi connectivity index (χ1v) is 2.83. The highest BCUT2D eigenvalue weighted by atomic mass is 19.2. The summed E-state index contributed by atoms with van der Waals surface area (Å²) in [5, 5.41) is -0.0613. The summed E-state index contributed by atoms with van der Waals surface area (Å²) in [6, 6.07) is 0. The molecule has 0 aliphatic carbocycles. The molecule has 2 nitrogen and oxygen atoms in total. The minimum Gasteiger partial charge on any atom is -0.269 e. The van der Waals surface area contributed by atoms with E-state index < -0.39 is 12.1 Å². The zero-order valence-corrected chi connectivity index (χ0v) is 4.81. The molecule has 1 aliphatic heterocycles. The van der Waals surface area contributed by atoms with Crippen LogP contribution in [0.3, 0.4) is 0 Å². The molecule has 0 bridgehead atoms.